The minimum Gasteiger partial charge on any atom is -0.319 e. The van der Waals surface area contributed by atoms with Gasteiger partial charge in [0.1, 0.15) is 11.4 Å². The fraction of sp³-hybridized carbons (Fsp3) is 0.269. The van der Waals surface area contributed by atoms with Crippen LogP contribution in [0.2, 0.25) is 0 Å². The highest BCUT2D eigenvalue weighted by Gasteiger charge is 2.52. The molecule has 1 unspecified atom stereocenters. The first-order valence-corrected chi connectivity index (χ1v) is 11.0. The Morgan fingerprint density at radius 1 is 1.03 bits per heavy atom. The first-order valence-electron chi connectivity index (χ1n) is 11.0. The number of hydrogen-bond acceptors (Lipinski definition) is 3. The molecule has 170 valence electrons. The molecule has 1 aliphatic heterocycles. The zero-order valence-electron chi connectivity index (χ0n) is 18.9. The molecule has 33 heavy (non-hydrogen) atoms. The second-order valence-electron chi connectivity index (χ2n) is 8.37. The second kappa shape index (κ2) is 8.65. The van der Waals surface area contributed by atoms with Crippen molar-refractivity contribution in [2.24, 2.45) is 0 Å². The number of benzene rings is 2. The Kier molecular flexibility index (Phi) is 5.89. The summed E-state index contributed by atoms with van der Waals surface area (Å²) in [6.45, 7) is 5.17. The van der Waals surface area contributed by atoms with E-state index in [1.807, 2.05) is 44.2 Å². The van der Waals surface area contributed by atoms with Gasteiger partial charge < -0.3 is 9.88 Å². The molecular weight excluding hydrogens is 421 g/mol. The van der Waals surface area contributed by atoms with Gasteiger partial charge in [-0.3, -0.25) is 14.5 Å². The van der Waals surface area contributed by atoms with Crippen molar-refractivity contribution in [2.75, 3.05) is 6.54 Å². The van der Waals surface area contributed by atoms with Gasteiger partial charge in [0.05, 0.1) is 6.54 Å². The summed E-state index contributed by atoms with van der Waals surface area (Å²) < 4.78 is 15.5. The number of imide groups is 1. The van der Waals surface area contributed by atoms with Gasteiger partial charge in [-0.1, -0.05) is 49.7 Å². The molecule has 2 aromatic carbocycles. The third-order valence-electron chi connectivity index (χ3n) is 6.17. The largest absolute Gasteiger partial charge is 0.325 e. The van der Waals surface area contributed by atoms with Gasteiger partial charge >= 0.3 is 6.03 Å². The Morgan fingerprint density at radius 2 is 1.76 bits per heavy atom. The number of halogens is 1. The molecule has 0 aliphatic carbocycles. The minimum absolute atomic E-state index is 0.352. The highest BCUT2D eigenvalue weighted by Crippen LogP contribution is 2.34. The summed E-state index contributed by atoms with van der Waals surface area (Å²) in [5, 5.41) is 2.84. The predicted molar refractivity (Wildman–Crippen MR) is 123 cm³/mol. The lowest BCUT2D eigenvalue weighted by atomic mass is 9.85. The number of carbonyl (C=O) groups is 3. The zero-order valence-corrected chi connectivity index (χ0v) is 18.9. The predicted octanol–water partition coefficient (Wildman–Crippen LogP) is 4.66. The van der Waals surface area contributed by atoms with Crippen molar-refractivity contribution in [1.29, 1.82) is 0 Å². The molecule has 4 rings (SSSR count). The van der Waals surface area contributed by atoms with E-state index >= 15 is 0 Å². The molecule has 0 bridgehead atoms. The monoisotopic (exact) mass is 447 g/mol. The van der Waals surface area contributed by atoms with Gasteiger partial charge in [-0.15, -0.1) is 0 Å². The van der Waals surface area contributed by atoms with Crippen molar-refractivity contribution in [3.63, 3.8) is 0 Å². The molecule has 1 aliphatic rings. The number of amides is 3. The lowest BCUT2D eigenvalue weighted by molar-refractivity contribution is -0.131. The summed E-state index contributed by atoms with van der Waals surface area (Å²) >= 11 is 0. The highest BCUT2D eigenvalue weighted by atomic mass is 19.1. The molecule has 6 nitrogen and oxygen atoms in total. The zero-order chi connectivity index (χ0) is 23.8. The number of rotatable bonds is 7. The van der Waals surface area contributed by atoms with Gasteiger partial charge in [-0.2, -0.15) is 0 Å². The maximum Gasteiger partial charge on any atom is 0.325 e. The van der Waals surface area contributed by atoms with Crippen LogP contribution in [0.3, 0.4) is 0 Å². The summed E-state index contributed by atoms with van der Waals surface area (Å²) in [5.41, 5.74) is 1.90. The first kappa shape index (κ1) is 22.5. The van der Waals surface area contributed by atoms with Gasteiger partial charge in [0.25, 0.3) is 5.91 Å². The summed E-state index contributed by atoms with van der Waals surface area (Å²) in [6.07, 6.45) is 1.11. The van der Waals surface area contributed by atoms with Crippen LogP contribution in [-0.4, -0.2) is 33.7 Å². The molecule has 0 saturated carbocycles. The number of carbonyl (C=O) groups excluding carboxylic acids is 3. The van der Waals surface area contributed by atoms with Crippen LogP contribution in [0.15, 0.2) is 60.7 Å². The van der Waals surface area contributed by atoms with Crippen LogP contribution in [0, 0.1) is 19.7 Å². The molecule has 2 heterocycles. The van der Waals surface area contributed by atoms with Crippen LogP contribution in [0.25, 0.3) is 5.69 Å². The van der Waals surface area contributed by atoms with Gasteiger partial charge in [-0.25, -0.2) is 9.18 Å². The summed E-state index contributed by atoms with van der Waals surface area (Å²) in [4.78, 5) is 40.5. The molecule has 1 N–H and O–H groups in total. The van der Waals surface area contributed by atoms with Gasteiger partial charge in [0.15, 0.2) is 5.78 Å². The fourth-order valence-corrected chi connectivity index (χ4v) is 4.66. The van der Waals surface area contributed by atoms with Gasteiger partial charge in [0, 0.05) is 22.6 Å². The maximum absolute atomic E-state index is 13.7. The molecule has 1 aromatic heterocycles. The van der Waals surface area contributed by atoms with Crippen LogP contribution in [0.5, 0.6) is 0 Å². The number of Topliss-reactive ketones (excluding diaryl/α,β-unsaturated/α-hetero) is 1. The minimum atomic E-state index is -1.17. The Hall–Kier alpha value is -3.74. The molecule has 1 saturated heterocycles. The lowest BCUT2D eigenvalue weighted by Gasteiger charge is -2.26. The molecule has 1 atom stereocenters. The van der Waals surface area contributed by atoms with Crippen LogP contribution >= 0.6 is 0 Å². The first-order chi connectivity index (χ1) is 15.8. The molecule has 7 heteroatoms. The number of aromatic nitrogens is 1. The quantitative estimate of drug-likeness (QED) is 0.423. The third kappa shape index (κ3) is 3.84. The van der Waals surface area contributed by atoms with Gasteiger partial charge in [0.2, 0.25) is 0 Å². The number of ketones is 1. The third-order valence-corrected chi connectivity index (χ3v) is 6.17. The Morgan fingerprint density at radius 3 is 2.42 bits per heavy atom. The van der Waals surface area contributed by atoms with E-state index < -0.39 is 17.5 Å². The van der Waals surface area contributed by atoms with Crippen LogP contribution in [-0.2, 0) is 10.3 Å². The van der Waals surface area contributed by atoms with Crippen molar-refractivity contribution in [3.8, 4) is 5.69 Å². The van der Waals surface area contributed by atoms with E-state index in [4.69, 9.17) is 0 Å². The standard InChI is InChI=1S/C26H26FN3O3/c1-4-13-26(19-9-6-5-7-10-19)24(32)29(25(33)28-26)16-23(31)22-14-17(2)30(18(22)3)21-12-8-11-20(27)15-21/h5-12,14-15H,4,13,16H2,1-3H3,(H,28,33). The van der Waals surface area contributed by atoms with E-state index in [0.717, 1.165) is 10.6 Å². The Labute approximate surface area is 192 Å². The smallest absolute Gasteiger partial charge is 0.319 e. The number of nitrogens with one attached hydrogen (secondary N) is 1. The Balaban J connectivity index is 1.64. The average molecular weight is 448 g/mol. The van der Waals surface area contributed by atoms with E-state index in [0.29, 0.717) is 35.3 Å². The van der Waals surface area contributed by atoms with Crippen molar-refractivity contribution >= 4 is 17.7 Å². The molecule has 3 amide bonds. The van der Waals surface area contributed by atoms with E-state index in [1.54, 1.807) is 29.7 Å². The van der Waals surface area contributed by atoms with Crippen LogP contribution in [0.1, 0.15) is 47.1 Å². The summed E-state index contributed by atoms with van der Waals surface area (Å²) in [6, 6.07) is 16.4. The lowest BCUT2D eigenvalue weighted by Crippen LogP contribution is -2.44. The molecule has 3 aromatic rings. The van der Waals surface area contributed by atoms with Gasteiger partial charge in [-0.05, 0) is 50.1 Å². The number of hydrogen-bond donors (Lipinski definition) is 1. The number of urea groups is 1. The SMILES string of the molecule is CCCC1(c2ccccc2)NC(=O)N(CC(=O)c2cc(C)n(-c3cccc(F)c3)c2C)C1=O. The van der Waals surface area contributed by atoms with E-state index in [-0.39, 0.29) is 18.1 Å². The average Bonchev–Trinajstić information content (AvgIpc) is 3.22. The summed E-state index contributed by atoms with van der Waals surface area (Å²) in [7, 11) is 0. The van der Waals surface area contributed by atoms with Crippen LogP contribution < -0.4 is 5.32 Å². The second-order valence-corrected chi connectivity index (χ2v) is 8.37. The van der Waals surface area contributed by atoms with Crippen molar-refractivity contribution in [3.05, 3.63) is 89.0 Å². The van der Waals surface area contributed by atoms with Crippen molar-refractivity contribution < 1.29 is 18.8 Å². The van der Waals surface area contributed by atoms with Crippen molar-refractivity contribution in [1.82, 2.24) is 14.8 Å². The fourth-order valence-electron chi connectivity index (χ4n) is 4.66. The molecule has 0 radical (unpaired) electrons. The molecule has 0 spiro atoms. The summed E-state index contributed by atoms with van der Waals surface area (Å²) in [5.74, 6) is -1.15. The normalized spacial score (nSPS) is 18.0. The molecule has 1 fully saturated rings. The maximum atomic E-state index is 13.7. The number of aryl methyl sites for hydroxylation is 1. The highest BCUT2D eigenvalue weighted by molar-refractivity contribution is 6.11. The van der Waals surface area contributed by atoms with Crippen molar-refractivity contribution in [2.45, 2.75) is 39.2 Å². The van der Waals surface area contributed by atoms with E-state index in [1.165, 1.54) is 12.1 Å². The van der Waals surface area contributed by atoms with Crippen LogP contribution in [0.4, 0.5) is 9.18 Å². The van der Waals surface area contributed by atoms with E-state index in [2.05, 4.69) is 5.32 Å². The molecular formula is C26H26FN3O3. The topological polar surface area (TPSA) is 71.4 Å². The Bertz CT molecular complexity index is 1230. The number of nitrogens with zero attached hydrogens (tertiary/aromatic N) is 2. The van der Waals surface area contributed by atoms with E-state index in [9.17, 15) is 18.8 Å².